The Hall–Kier alpha value is -3.56. The molecule has 9 heteroatoms. The van der Waals surface area contributed by atoms with Crippen molar-refractivity contribution in [1.29, 1.82) is 0 Å². The number of carbonyl (C=O) groups excluding carboxylic acids is 1. The van der Waals surface area contributed by atoms with Crippen LogP contribution in [-0.2, 0) is 17.7 Å². The molecule has 2 heterocycles. The van der Waals surface area contributed by atoms with E-state index >= 15 is 0 Å². The Bertz CT molecular complexity index is 1090. The van der Waals surface area contributed by atoms with Crippen LogP contribution >= 0.6 is 0 Å². The zero-order valence-corrected chi connectivity index (χ0v) is 18.7. The molecule has 2 aromatic carbocycles. The van der Waals surface area contributed by atoms with Crippen LogP contribution in [0.5, 0.6) is 11.6 Å². The molecule has 4 rings (SSSR count). The van der Waals surface area contributed by atoms with Gasteiger partial charge in [0.15, 0.2) is 5.69 Å². The van der Waals surface area contributed by atoms with Gasteiger partial charge in [0.1, 0.15) is 18.2 Å². The first-order chi connectivity index (χ1) is 16.6. The number of aromatic nitrogens is 2. The Balaban J connectivity index is 1.50. The summed E-state index contributed by atoms with van der Waals surface area (Å²) in [7, 11) is 0. The average molecular weight is 467 g/mol. The number of hydrogen-bond donors (Lipinski definition) is 2. The third-order valence-corrected chi connectivity index (χ3v) is 5.43. The molecule has 3 aromatic rings. The third-order valence-electron chi connectivity index (χ3n) is 5.43. The fraction of sp³-hybridized carbons (Fsp3) is 0.320. The van der Waals surface area contributed by atoms with Gasteiger partial charge in [-0.3, -0.25) is 9.69 Å². The molecule has 34 heavy (non-hydrogen) atoms. The number of nitrogens with one attached hydrogen (secondary N) is 1. The van der Waals surface area contributed by atoms with Crippen LogP contribution in [-0.4, -0.2) is 65.3 Å². The molecule has 0 saturated carbocycles. The molecular formula is C25H27FN4O4. The van der Waals surface area contributed by atoms with Crippen LogP contribution in [0.15, 0.2) is 54.6 Å². The minimum Gasteiger partial charge on any atom is -0.501 e. The van der Waals surface area contributed by atoms with Crippen molar-refractivity contribution >= 4 is 5.91 Å². The van der Waals surface area contributed by atoms with Gasteiger partial charge in [0.2, 0.25) is 5.75 Å². The second kappa shape index (κ2) is 11.5. The summed E-state index contributed by atoms with van der Waals surface area (Å²) in [5.41, 5.74) is 1.52. The second-order valence-electron chi connectivity index (χ2n) is 7.92. The number of nitrogens with zero attached hydrogens (tertiary/aromatic N) is 3. The maximum atomic E-state index is 13.1. The number of carbonyl (C=O) groups is 1. The summed E-state index contributed by atoms with van der Waals surface area (Å²) in [5.74, 6) is -1.00. The fourth-order valence-electron chi connectivity index (χ4n) is 3.56. The minimum atomic E-state index is -0.573. The number of aromatic hydroxyl groups is 1. The molecule has 178 valence electrons. The molecule has 0 spiro atoms. The van der Waals surface area contributed by atoms with Gasteiger partial charge in [-0.05, 0) is 23.3 Å². The van der Waals surface area contributed by atoms with Crippen molar-refractivity contribution in [2.45, 2.75) is 13.0 Å². The van der Waals surface area contributed by atoms with E-state index in [9.17, 15) is 14.3 Å². The highest BCUT2D eigenvalue weighted by Crippen LogP contribution is 2.27. The van der Waals surface area contributed by atoms with E-state index < -0.39 is 11.7 Å². The van der Waals surface area contributed by atoms with Gasteiger partial charge < -0.3 is 19.9 Å². The first kappa shape index (κ1) is 23.6. The molecule has 0 radical (unpaired) electrons. The fourth-order valence-corrected chi connectivity index (χ4v) is 3.56. The van der Waals surface area contributed by atoms with Gasteiger partial charge in [-0.15, -0.1) is 0 Å². The van der Waals surface area contributed by atoms with E-state index in [1.807, 2.05) is 30.3 Å². The summed E-state index contributed by atoms with van der Waals surface area (Å²) >= 11 is 0. The van der Waals surface area contributed by atoms with Crippen LogP contribution in [0.2, 0.25) is 0 Å². The smallest absolute Gasteiger partial charge is 0.274 e. The first-order valence-corrected chi connectivity index (χ1v) is 11.2. The summed E-state index contributed by atoms with van der Waals surface area (Å²) in [5, 5.41) is 13.4. The number of rotatable bonds is 9. The van der Waals surface area contributed by atoms with E-state index in [1.54, 1.807) is 12.1 Å². The van der Waals surface area contributed by atoms with Gasteiger partial charge in [-0.2, -0.15) is 4.98 Å². The number of ether oxygens (including phenoxy) is 2. The van der Waals surface area contributed by atoms with Crippen molar-refractivity contribution in [1.82, 2.24) is 20.2 Å². The predicted octanol–water partition coefficient (Wildman–Crippen LogP) is 2.55. The maximum absolute atomic E-state index is 13.1. The monoisotopic (exact) mass is 466 g/mol. The Morgan fingerprint density at radius 1 is 1.06 bits per heavy atom. The van der Waals surface area contributed by atoms with E-state index in [2.05, 4.69) is 20.2 Å². The summed E-state index contributed by atoms with van der Waals surface area (Å²) in [6.45, 7) is 4.09. The zero-order valence-electron chi connectivity index (χ0n) is 18.7. The van der Waals surface area contributed by atoms with E-state index in [0.717, 1.165) is 24.2 Å². The Morgan fingerprint density at radius 3 is 2.53 bits per heavy atom. The predicted molar refractivity (Wildman–Crippen MR) is 123 cm³/mol. The number of hydrogen-bond acceptors (Lipinski definition) is 7. The molecule has 0 unspecified atom stereocenters. The number of benzene rings is 2. The molecule has 1 fully saturated rings. The highest BCUT2D eigenvalue weighted by atomic mass is 19.1. The Morgan fingerprint density at radius 2 is 1.79 bits per heavy atom. The first-order valence-electron chi connectivity index (χ1n) is 11.2. The van der Waals surface area contributed by atoms with Crippen LogP contribution in [0.4, 0.5) is 4.39 Å². The number of morpholine rings is 1. The van der Waals surface area contributed by atoms with Crippen LogP contribution < -0.4 is 10.1 Å². The standard InChI is InChI=1S/C25H27FN4O4/c26-20-8-6-19(7-9-20)17-27-24(32)22-23(31)25(34-15-12-30-10-13-33-14-11-30)29-21(28-22)16-18-4-2-1-3-5-18/h1-9,31H,10-17H2,(H,27,32). The van der Waals surface area contributed by atoms with Crippen molar-refractivity contribution in [2.75, 3.05) is 39.5 Å². The SMILES string of the molecule is O=C(NCc1ccc(F)cc1)c1nc(Cc2ccccc2)nc(OCCN2CCOCC2)c1O. The quantitative estimate of drug-likeness (QED) is 0.500. The van der Waals surface area contributed by atoms with E-state index in [4.69, 9.17) is 9.47 Å². The lowest BCUT2D eigenvalue weighted by molar-refractivity contribution is 0.0318. The second-order valence-corrected chi connectivity index (χ2v) is 7.92. The van der Waals surface area contributed by atoms with Crippen LogP contribution in [0, 0.1) is 5.82 Å². The van der Waals surface area contributed by atoms with Gasteiger partial charge in [-0.25, -0.2) is 9.37 Å². The van der Waals surface area contributed by atoms with Crippen molar-refractivity contribution in [2.24, 2.45) is 0 Å². The molecule has 8 nitrogen and oxygen atoms in total. The molecule has 1 aliphatic heterocycles. The lowest BCUT2D eigenvalue weighted by atomic mass is 10.1. The van der Waals surface area contributed by atoms with E-state index in [0.29, 0.717) is 38.6 Å². The molecule has 0 aliphatic carbocycles. The van der Waals surface area contributed by atoms with Crippen molar-refractivity contribution in [3.8, 4) is 11.6 Å². The van der Waals surface area contributed by atoms with Gasteiger partial charge in [0.05, 0.1) is 13.2 Å². The Kier molecular flexibility index (Phi) is 8.00. The normalized spacial score (nSPS) is 14.0. The summed E-state index contributed by atoms with van der Waals surface area (Å²) in [6, 6.07) is 15.4. The molecular weight excluding hydrogens is 439 g/mol. The lowest BCUT2D eigenvalue weighted by Crippen LogP contribution is -2.38. The molecule has 1 aliphatic rings. The van der Waals surface area contributed by atoms with E-state index in [1.165, 1.54) is 12.1 Å². The number of halogens is 1. The van der Waals surface area contributed by atoms with Crippen molar-refractivity contribution in [3.63, 3.8) is 0 Å². The Labute approximate surface area is 197 Å². The third kappa shape index (κ3) is 6.49. The lowest BCUT2D eigenvalue weighted by Gasteiger charge is -2.26. The summed E-state index contributed by atoms with van der Waals surface area (Å²) in [4.78, 5) is 23.8. The summed E-state index contributed by atoms with van der Waals surface area (Å²) in [6.07, 6.45) is 0.374. The van der Waals surface area contributed by atoms with Gasteiger partial charge in [0.25, 0.3) is 11.8 Å². The van der Waals surface area contributed by atoms with Gasteiger partial charge in [-0.1, -0.05) is 42.5 Å². The highest BCUT2D eigenvalue weighted by Gasteiger charge is 2.21. The highest BCUT2D eigenvalue weighted by molar-refractivity contribution is 5.95. The van der Waals surface area contributed by atoms with Gasteiger partial charge >= 0.3 is 0 Å². The molecule has 0 bridgehead atoms. The molecule has 2 N–H and O–H groups in total. The maximum Gasteiger partial charge on any atom is 0.274 e. The van der Waals surface area contributed by atoms with Crippen molar-refractivity contribution in [3.05, 3.63) is 83.1 Å². The largest absolute Gasteiger partial charge is 0.501 e. The zero-order chi connectivity index (χ0) is 23.8. The number of amides is 1. The topological polar surface area (TPSA) is 96.8 Å². The molecule has 0 atom stereocenters. The molecule has 1 saturated heterocycles. The molecule has 1 amide bonds. The average Bonchev–Trinajstić information content (AvgIpc) is 2.86. The van der Waals surface area contributed by atoms with E-state index in [-0.39, 0.29) is 23.9 Å². The summed E-state index contributed by atoms with van der Waals surface area (Å²) < 4.78 is 24.3. The van der Waals surface area contributed by atoms with Crippen LogP contribution in [0.25, 0.3) is 0 Å². The van der Waals surface area contributed by atoms with Crippen LogP contribution in [0.3, 0.4) is 0 Å². The van der Waals surface area contributed by atoms with Crippen LogP contribution in [0.1, 0.15) is 27.4 Å². The minimum absolute atomic E-state index is 0.0267. The van der Waals surface area contributed by atoms with Gasteiger partial charge in [0, 0.05) is 32.6 Å². The molecule has 1 aromatic heterocycles. The van der Waals surface area contributed by atoms with Crippen molar-refractivity contribution < 1.29 is 23.8 Å².